The normalized spacial score (nSPS) is 14.3. The summed E-state index contributed by atoms with van der Waals surface area (Å²) in [5.74, 6) is -0.223. The molecule has 1 aliphatic rings. The highest BCUT2D eigenvalue weighted by Crippen LogP contribution is 2.33. The first-order valence-corrected chi connectivity index (χ1v) is 13.0. The van der Waals surface area contributed by atoms with Crippen molar-refractivity contribution in [3.8, 4) is 16.9 Å². The zero-order chi connectivity index (χ0) is 24.8. The Bertz CT molecular complexity index is 1160. The number of piperidine rings is 1. The molecule has 0 atom stereocenters. The number of halogens is 3. The number of aryl methyl sites for hydroxylation is 1. The average molecular weight is 517 g/mol. The van der Waals surface area contributed by atoms with Crippen LogP contribution in [-0.4, -0.2) is 40.5 Å². The summed E-state index contributed by atoms with van der Waals surface area (Å²) in [5.41, 5.74) is 7.77. The highest BCUT2D eigenvalue weighted by molar-refractivity contribution is 6.35. The van der Waals surface area contributed by atoms with E-state index in [4.69, 9.17) is 28.3 Å². The van der Waals surface area contributed by atoms with Crippen molar-refractivity contribution in [3.63, 3.8) is 0 Å². The zero-order valence-electron chi connectivity index (χ0n) is 20.0. The summed E-state index contributed by atoms with van der Waals surface area (Å²) in [7, 11) is 0. The maximum Gasteiger partial charge on any atom is 0.286 e. The Labute approximate surface area is 216 Å². The molecule has 0 aliphatic carbocycles. The topological polar surface area (TPSA) is 50.2 Å². The number of carbonyl (C=O) groups is 1. The Kier molecular flexibility index (Phi) is 8.82. The van der Waals surface area contributed by atoms with Gasteiger partial charge < -0.3 is 0 Å². The summed E-state index contributed by atoms with van der Waals surface area (Å²) in [6.07, 6.45) is 6.69. The minimum atomic E-state index is -0.261. The third-order valence-corrected chi connectivity index (χ3v) is 6.96. The number of amides is 1. The van der Waals surface area contributed by atoms with E-state index in [2.05, 4.69) is 17.6 Å². The quantitative estimate of drug-likeness (QED) is 0.312. The van der Waals surface area contributed by atoms with Crippen LogP contribution in [-0.2, 0) is 6.42 Å². The van der Waals surface area contributed by atoms with Crippen molar-refractivity contribution in [1.29, 1.82) is 0 Å². The smallest absolute Gasteiger partial charge is 0.283 e. The molecule has 186 valence electrons. The molecule has 2 heterocycles. The fourth-order valence-electron chi connectivity index (χ4n) is 4.51. The van der Waals surface area contributed by atoms with Gasteiger partial charge in [0, 0.05) is 29.2 Å². The molecule has 1 amide bonds. The minimum absolute atomic E-state index is 0.223. The van der Waals surface area contributed by atoms with Gasteiger partial charge in [-0.2, -0.15) is 5.10 Å². The standard InChI is InChI=1S/C27H31Cl2FN4O/c1-19-25(27(35)32-33-16-6-3-7-17-33)31-34(24-14-13-22(28)18-23(24)29)26(19)21-11-9-20(10-12-21)8-4-2-5-15-30/h9-14,18H,2-8,15-17H2,1H3,(H,32,35). The van der Waals surface area contributed by atoms with E-state index in [0.29, 0.717) is 27.8 Å². The Morgan fingerprint density at radius 1 is 1.03 bits per heavy atom. The third kappa shape index (κ3) is 6.24. The van der Waals surface area contributed by atoms with Crippen LogP contribution in [0.25, 0.3) is 16.9 Å². The molecular weight excluding hydrogens is 486 g/mol. The molecule has 4 rings (SSSR count). The molecule has 2 aromatic carbocycles. The molecule has 3 aromatic rings. The van der Waals surface area contributed by atoms with Crippen LogP contribution in [0, 0.1) is 6.92 Å². The van der Waals surface area contributed by atoms with Gasteiger partial charge in [0.2, 0.25) is 0 Å². The fraction of sp³-hybridized carbons (Fsp3) is 0.407. The number of carbonyl (C=O) groups excluding carboxylic acids is 1. The molecule has 1 saturated heterocycles. The second kappa shape index (κ2) is 12.0. The molecule has 0 unspecified atom stereocenters. The first-order chi connectivity index (χ1) is 17.0. The largest absolute Gasteiger partial charge is 0.286 e. The predicted molar refractivity (Wildman–Crippen MR) is 140 cm³/mol. The van der Waals surface area contributed by atoms with E-state index in [1.54, 1.807) is 16.8 Å². The highest BCUT2D eigenvalue weighted by Gasteiger charge is 2.25. The molecule has 8 heteroatoms. The minimum Gasteiger partial charge on any atom is -0.283 e. The second-order valence-corrected chi connectivity index (χ2v) is 9.86. The van der Waals surface area contributed by atoms with E-state index < -0.39 is 0 Å². The molecular formula is C27H31Cl2FN4O. The van der Waals surface area contributed by atoms with Crippen LogP contribution in [0.1, 0.15) is 60.1 Å². The van der Waals surface area contributed by atoms with Crippen LogP contribution in [0.4, 0.5) is 4.39 Å². The van der Waals surface area contributed by atoms with Crippen LogP contribution >= 0.6 is 23.2 Å². The number of nitrogens with zero attached hydrogens (tertiary/aromatic N) is 3. The SMILES string of the molecule is Cc1c(C(=O)NN2CCCCC2)nn(-c2ccc(Cl)cc2Cl)c1-c1ccc(CCCCCF)cc1. The Morgan fingerprint density at radius 3 is 2.46 bits per heavy atom. The summed E-state index contributed by atoms with van der Waals surface area (Å²) < 4.78 is 14.1. The van der Waals surface area contributed by atoms with Crippen LogP contribution < -0.4 is 5.43 Å². The van der Waals surface area contributed by atoms with Gasteiger partial charge in [-0.3, -0.25) is 14.6 Å². The van der Waals surface area contributed by atoms with Crippen molar-refractivity contribution in [2.24, 2.45) is 0 Å². The fourth-order valence-corrected chi connectivity index (χ4v) is 5.00. The molecule has 0 bridgehead atoms. The summed E-state index contributed by atoms with van der Waals surface area (Å²) in [5, 5.41) is 7.67. The molecule has 35 heavy (non-hydrogen) atoms. The average Bonchev–Trinajstić information content (AvgIpc) is 3.19. The first kappa shape index (κ1) is 25.7. The molecule has 5 nitrogen and oxygen atoms in total. The van der Waals surface area contributed by atoms with Crippen LogP contribution in [0.3, 0.4) is 0 Å². The number of benzene rings is 2. The second-order valence-electron chi connectivity index (χ2n) is 9.01. The lowest BCUT2D eigenvalue weighted by molar-refractivity contribution is 0.0743. The van der Waals surface area contributed by atoms with Crippen LogP contribution in [0.2, 0.25) is 10.0 Å². The first-order valence-electron chi connectivity index (χ1n) is 12.2. The summed E-state index contributed by atoms with van der Waals surface area (Å²) in [6.45, 7) is 3.34. The van der Waals surface area contributed by atoms with Crippen molar-refractivity contribution < 1.29 is 9.18 Å². The van der Waals surface area contributed by atoms with E-state index in [1.165, 1.54) is 12.0 Å². The molecule has 1 aliphatic heterocycles. The van der Waals surface area contributed by atoms with Crippen molar-refractivity contribution in [1.82, 2.24) is 20.2 Å². The molecule has 1 fully saturated rings. The van der Waals surface area contributed by atoms with Gasteiger partial charge in [0.05, 0.1) is 23.1 Å². The van der Waals surface area contributed by atoms with Gasteiger partial charge in [0.25, 0.3) is 5.91 Å². The van der Waals surface area contributed by atoms with Crippen molar-refractivity contribution in [2.75, 3.05) is 19.8 Å². The number of alkyl halides is 1. The monoisotopic (exact) mass is 516 g/mol. The van der Waals surface area contributed by atoms with Crippen molar-refractivity contribution >= 4 is 29.1 Å². The Hall–Kier alpha value is -2.41. The van der Waals surface area contributed by atoms with Gasteiger partial charge in [-0.15, -0.1) is 0 Å². The van der Waals surface area contributed by atoms with Crippen molar-refractivity contribution in [2.45, 2.75) is 51.9 Å². The molecule has 0 radical (unpaired) electrons. The number of hydrogen-bond donors (Lipinski definition) is 1. The maximum atomic E-state index is 13.2. The van der Waals surface area contributed by atoms with E-state index in [1.807, 2.05) is 30.1 Å². The van der Waals surface area contributed by atoms with E-state index >= 15 is 0 Å². The summed E-state index contributed by atoms with van der Waals surface area (Å²) in [4.78, 5) is 13.2. The number of unbranched alkanes of at least 4 members (excludes halogenated alkanes) is 2. The predicted octanol–water partition coefficient (Wildman–Crippen LogP) is 6.97. The van der Waals surface area contributed by atoms with Gasteiger partial charge in [0.1, 0.15) is 0 Å². The lowest BCUT2D eigenvalue weighted by Gasteiger charge is -2.26. The van der Waals surface area contributed by atoms with E-state index in [-0.39, 0.29) is 12.6 Å². The number of rotatable bonds is 9. The Balaban J connectivity index is 1.68. The molecule has 1 N–H and O–H groups in total. The van der Waals surface area contributed by atoms with Gasteiger partial charge in [0.15, 0.2) is 5.69 Å². The number of hydrazine groups is 1. The van der Waals surface area contributed by atoms with E-state index in [0.717, 1.165) is 62.0 Å². The zero-order valence-corrected chi connectivity index (χ0v) is 21.5. The van der Waals surface area contributed by atoms with Crippen LogP contribution in [0.5, 0.6) is 0 Å². The molecule has 0 spiro atoms. The Morgan fingerprint density at radius 2 is 1.77 bits per heavy atom. The van der Waals surface area contributed by atoms with Gasteiger partial charge in [-0.25, -0.2) is 9.69 Å². The summed E-state index contributed by atoms with van der Waals surface area (Å²) >= 11 is 12.7. The highest BCUT2D eigenvalue weighted by atomic mass is 35.5. The molecule has 1 aromatic heterocycles. The van der Waals surface area contributed by atoms with E-state index in [9.17, 15) is 9.18 Å². The lowest BCUT2D eigenvalue weighted by Crippen LogP contribution is -2.45. The van der Waals surface area contributed by atoms with Gasteiger partial charge in [-0.05, 0) is 62.8 Å². The third-order valence-electron chi connectivity index (χ3n) is 6.42. The number of nitrogens with one attached hydrogen (secondary N) is 1. The number of aromatic nitrogens is 2. The number of hydrogen-bond acceptors (Lipinski definition) is 3. The maximum absolute atomic E-state index is 13.2. The molecule has 0 saturated carbocycles. The van der Waals surface area contributed by atoms with Crippen molar-refractivity contribution in [3.05, 3.63) is 69.3 Å². The van der Waals surface area contributed by atoms with Gasteiger partial charge >= 0.3 is 0 Å². The van der Waals surface area contributed by atoms with Crippen LogP contribution in [0.15, 0.2) is 42.5 Å². The lowest BCUT2D eigenvalue weighted by atomic mass is 10.0. The van der Waals surface area contributed by atoms with Gasteiger partial charge in [-0.1, -0.05) is 60.3 Å². The summed E-state index contributed by atoms with van der Waals surface area (Å²) in [6, 6.07) is 13.5.